The molecule has 0 unspecified atom stereocenters. The van der Waals surface area contributed by atoms with Crippen molar-refractivity contribution < 1.29 is 19.4 Å². The first-order valence-electron chi connectivity index (χ1n) is 5.77. The average molecular weight is 269 g/mol. The Morgan fingerprint density at radius 2 is 2.17 bits per heavy atom. The van der Waals surface area contributed by atoms with Crippen molar-refractivity contribution in [3.63, 3.8) is 0 Å². The molecule has 0 bridgehead atoms. The third-order valence-electron chi connectivity index (χ3n) is 3.03. The smallest absolute Gasteiger partial charge is 0.345 e. The molecule has 1 aliphatic rings. The van der Waals surface area contributed by atoms with Gasteiger partial charge in [0.2, 0.25) is 0 Å². The molecule has 0 radical (unpaired) electrons. The number of likely N-dealkylation sites (tertiary alicyclic amines) is 1. The fraction of sp³-hybridized carbons (Fsp3) is 0.500. The van der Waals surface area contributed by atoms with Gasteiger partial charge >= 0.3 is 5.97 Å². The van der Waals surface area contributed by atoms with Crippen LogP contribution in [0.5, 0.6) is 0 Å². The highest BCUT2D eigenvalue weighted by Crippen LogP contribution is 2.21. The quantitative estimate of drug-likeness (QED) is 0.907. The monoisotopic (exact) mass is 269 g/mol. The Hall–Kier alpha value is -1.40. The van der Waals surface area contributed by atoms with Gasteiger partial charge < -0.3 is 14.7 Å². The number of carbonyl (C=O) groups excluding carboxylic acids is 1. The number of thiophene rings is 1. The second-order valence-electron chi connectivity index (χ2n) is 4.22. The zero-order valence-corrected chi connectivity index (χ0v) is 10.9. The molecule has 2 rings (SSSR count). The van der Waals surface area contributed by atoms with Crippen LogP contribution in [0.4, 0.5) is 0 Å². The number of ether oxygens (including phenoxy) is 1. The number of amides is 1. The predicted octanol–water partition coefficient (Wildman–Crippen LogP) is 1.70. The van der Waals surface area contributed by atoms with Crippen molar-refractivity contribution in [2.45, 2.75) is 18.9 Å². The van der Waals surface area contributed by atoms with Crippen LogP contribution in [-0.2, 0) is 4.74 Å². The molecule has 1 aliphatic heterocycles. The van der Waals surface area contributed by atoms with Crippen LogP contribution >= 0.6 is 11.3 Å². The van der Waals surface area contributed by atoms with E-state index in [2.05, 4.69) is 0 Å². The van der Waals surface area contributed by atoms with Gasteiger partial charge in [0.1, 0.15) is 4.88 Å². The van der Waals surface area contributed by atoms with Gasteiger partial charge in [0.25, 0.3) is 5.91 Å². The Kier molecular flexibility index (Phi) is 3.98. The SMILES string of the molecule is CO[C@@H]1CCCN(C(=O)c2ccc(C(=O)O)s2)C1. The first kappa shape index (κ1) is 13.0. The molecule has 1 aromatic heterocycles. The Labute approximate surface area is 109 Å². The van der Waals surface area contributed by atoms with E-state index in [1.54, 1.807) is 18.1 Å². The second kappa shape index (κ2) is 5.49. The van der Waals surface area contributed by atoms with Crippen molar-refractivity contribution in [2.24, 2.45) is 0 Å². The van der Waals surface area contributed by atoms with E-state index >= 15 is 0 Å². The number of carboxylic acid groups (broad SMARTS) is 1. The maximum Gasteiger partial charge on any atom is 0.345 e. The van der Waals surface area contributed by atoms with Gasteiger partial charge in [-0.15, -0.1) is 11.3 Å². The van der Waals surface area contributed by atoms with Crippen LogP contribution in [0.1, 0.15) is 32.2 Å². The molecule has 5 nitrogen and oxygen atoms in total. The van der Waals surface area contributed by atoms with Crippen LogP contribution in [0.15, 0.2) is 12.1 Å². The predicted molar refractivity (Wildman–Crippen MR) is 67.2 cm³/mol. The lowest BCUT2D eigenvalue weighted by Gasteiger charge is -2.31. The normalized spacial score (nSPS) is 19.8. The minimum absolute atomic E-state index is 0.0848. The maximum atomic E-state index is 12.2. The summed E-state index contributed by atoms with van der Waals surface area (Å²) in [5, 5.41) is 8.84. The molecule has 6 heteroatoms. The molecular weight excluding hydrogens is 254 g/mol. The van der Waals surface area contributed by atoms with Crippen LogP contribution in [-0.4, -0.2) is 48.2 Å². The number of methoxy groups -OCH3 is 1. The third-order valence-corrected chi connectivity index (χ3v) is 4.09. The molecule has 1 saturated heterocycles. The highest BCUT2D eigenvalue weighted by molar-refractivity contribution is 7.15. The zero-order valence-electron chi connectivity index (χ0n) is 10.1. The van der Waals surface area contributed by atoms with E-state index in [-0.39, 0.29) is 16.9 Å². The van der Waals surface area contributed by atoms with Gasteiger partial charge in [-0.2, -0.15) is 0 Å². The first-order valence-corrected chi connectivity index (χ1v) is 6.58. The van der Waals surface area contributed by atoms with Gasteiger partial charge in [0.15, 0.2) is 0 Å². The molecule has 1 fully saturated rings. The van der Waals surface area contributed by atoms with Crippen molar-refractivity contribution in [3.05, 3.63) is 21.9 Å². The molecule has 0 aliphatic carbocycles. The summed E-state index contributed by atoms with van der Waals surface area (Å²) < 4.78 is 5.27. The van der Waals surface area contributed by atoms with Gasteiger partial charge in [0.05, 0.1) is 11.0 Å². The van der Waals surface area contributed by atoms with Gasteiger partial charge in [-0.3, -0.25) is 4.79 Å². The minimum Gasteiger partial charge on any atom is -0.477 e. The number of aromatic carboxylic acids is 1. The molecular formula is C12H15NO4S. The number of nitrogens with zero attached hydrogens (tertiary/aromatic N) is 1. The lowest BCUT2D eigenvalue weighted by molar-refractivity contribution is 0.0271. The summed E-state index contributed by atoms with van der Waals surface area (Å²) in [4.78, 5) is 25.4. The maximum absolute atomic E-state index is 12.2. The van der Waals surface area contributed by atoms with Gasteiger partial charge in [-0.05, 0) is 25.0 Å². The van der Waals surface area contributed by atoms with E-state index in [0.717, 1.165) is 24.2 Å². The zero-order chi connectivity index (χ0) is 13.1. The van der Waals surface area contributed by atoms with E-state index in [9.17, 15) is 9.59 Å². The molecule has 0 aromatic carbocycles. The highest BCUT2D eigenvalue weighted by Gasteiger charge is 2.25. The van der Waals surface area contributed by atoms with Gasteiger partial charge in [0, 0.05) is 20.2 Å². The topological polar surface area (TPSA) is 66.8 Å². The lowest BCUT2D eigenvalue weighted by Crippen LogP contribution is -2.42. The van der Waals surface area contributed by atoms with Crippen LogP contribution in [0, 0.1) is 0 Å². The lowest BCUT2D eigenvalue weighted by atomic mass is 10.1. The number of piperidine rings is 1. The van der Waals surface area contributed by atoms with Gasteiger partial charge in [-0.1, -0.05) is 0 Å². The van der Waals surface area contributed by atoms with E-state index < -0.39 is 5.97 Å². The van der Waals surface area contributed by atoms with Crippen LogP contribution in [0.25, 0.3) is 0 Å². The summed E-state index contributed by atoms with van der Waals surface area (Å²) >= 11 is 1.02. The average Bonchev–Trinajstić information content (AvgIpc) is 2.87. The third kappa shape index (κ3) is 2.70. The molecule has 1 N–H and O–H groups in total. The van der Waals surface area contributed by atoms with Crippen molar-refractivity contribution in [2.75, 3.05) is 20.2 Å². The highest BCUT2D eigenvalue weighted by atomic mass is 32.1. The number of rotatable bonds is 3. The fourth-order valence-electron chi connectivity index (χ4n) is 2.04. The van der Waals surface area contributed by atoms with Crippen molar-refractivity contribution in [3.8, 4) is 0 Å². The molecule has 0 saturated carbocycles. The summed E-state index contributed by atoms with van der Waals surface area (Å²) in [6.07, 6.45) is 1.97. The standard InChI is InChI=1S/C12H15NO4S/c1-17-8-3-2-6-13(7-8)11(14)9-4-5-10(18-9)12(15)16/h4-5,8H,2-3,6-7H2,1H3,(H,15,16)/t8-/m1/s1. The molecule has 1 amide bonds. The van der Waals surface area contributed by atoms with Crippen LogP contribution < -0.4 is 0 Å². The summed E-state index contributed by atoms with van der Waals surface area (Å²) in [6.45, 7) is 1.29. The molecule has 1 atom stereocenters. The van der Waals surface area contributed by atoms with Crippen molar-refractivity contribution in [1.82, 2.24) is 4.90 Å². The summed E-state index contributed by atoms with van der Waals surface area (Å²) in [6, 6.07) is 3.05. The number of carbonyl (C=O) groups is 2. The van der Waals surface area contributed by atoms with E-state index in [0.29, 0.717) is 18.0 Å². The molecule has 98 valence electrons. The van der Waals surface area contributed by atoms with Gasteiger partial charge in [-0.25, -0.2) is 4.79 Å². The van der Waals surface area contributed by atoms with Crippen molar-refractivity contribution >= 4 is 23.2 Å². The Morgan fingerprint density at radius 1 is 1.44 bits per heavy atom. The largest absolute Gasteiger partial charge is 0.477 e. The summed E-state index contributed by atoms with van der Waals surface area (Å²) in [5.41, 5.74) is 0. The molecule has 2 heterocycles. The molecule has 18 heavy (non-hydrogen) atoms. The Balaban J connectivity index is 2.07. The van der Waals surface area contributed by atoms with E-state index in [4.69, 9.17) is 9.84 Å². The van der Waals surface area contributed by atoms with E-state index in [1.807, 2.05) is 0 Å². The second-order valence-corrected chi connectivity index (χ2v) is 5.30. The molecule has 0 spiro atoms. The first-order chi connectivity index (χ1) is 8.61. The minimum atomic E-state index is -0.993. The van der Waals surface area contributed by atoms with E-state index in [1.165, 1.54) is 6.07 Å². The van der Waals surface area contributed by atoms with Crippen molar-refractivity contribution in [1.29, 1.82) is 0 Å². The van der Waals surface area contributed by atoms with Crippen LogP contribution in [0.2, 0.25) is 0 Å². The summed E-state index contributed by atoms with van der Waals surface area (Å²) in [5.74, 6) is -1.10. The Morgan fingerprint density at radius 3 is 2.78 bits per heavy atom. The fourth-order valence-corrected chi connectivity index (χ4v) is 2.85. The number of hydrogen-bond acceptors (Lipinski definition) is 4. The number of hydrogen-bond donors (Lipinski definition) is 1. The number of carboxylic acids is 1. The molecule has 1 aromatic rings. The Bertz CT molecular complexity index is 457. The summed E-state index contributed by atoms with van der Waals surface area (Å²) in [7, 11) is 1.65. The van der Waals surface area contributed by atoms with Crippen LogP contribution in [0.3, 0.4) is 0 Å².